The Balaban J connectivity index is 1.60. The number of amides is 2. The van der Waals surface area contributed by atoms with Crippen LogP contribution >= 0.6 is 23.2 Å². The minimum atomic E-state index is -3.68. The SMILES string of the molecule is CC[C@H](C)NC(=O)[C@@H](Cc1ccccc1)N(Cc1ccc(Cl)cc1Cl)C(=O)CCCN(c1ccc2c(c1)OCO2)S(C)(=O)=O. The molecule has 0 radical (unpaired) electrons. The normalized spacial score (nSPS) is 13.7. The zero-order valence-corrected chi connectivity index (χ0v) is 27.3. The maximum atomic E-state index is 14.0. The van der Waals surface area contributed by atoms with Gasteiger partial charge in [-0.15, -0.1) is 0 Å². The van der Waals surface area contributed by atoms with Crippen LogP contribution in [0.2, 0.25) is 10.0 Å². The Morgan fingerprint density at radius 3 is 2.41 bits per heavy atom. The Hall–Kier alpha value is -3.47. The van der Waals surface area contributed by atoms with E-state index in [2.05, 4.69) is 5.32 Å². The van der Waals surface area contributed by atoms with E-state index >= 15 is 0 Å². The Kier molecular flexibility index (Phi) is 11.4. The second kappa shape index (κ2) is 15.0. The van der Waals surface area contributed by atoms with Crippen molar-refractivity contribution in [1.29, 1.82) is 0 Å². The van der Waals surface area contributed by atoms with Gasteiger partial charge in [-0.05, 0) is 55.2 Å². The van der Waals surface area contributed by atoms with E-state index in [4.69, 9.17) is 32.7 Å². The van der Waals surface area contributed by atoms with Gasteiger partial charge in [-0.25, -0.2) is 8.42 Å². The van der Waals surface area contributed by atoms with Crippen molar-refractivity contribution in [2.24, 2.45) is 0 Å². The molecule has 9 nitrogen and oxygen atoms in total. The molecule has 0 saturated carbocycles. The zero-order chi connectivity index (χ0) is 31.9. The van der Waals surface area contributed by atoms with Crippen LogP contribution in [-0.4, -0.2) is 56.8 Å². The number of hydrogen-bond acceptors (Lipinski definition) is 6. The van der Waals surface area contributed by atoms with Gasteiger partial charge in [0, 0.05) is 48.1 Å². The average Bonchev–Trinajstić information content (AvgIpc) is 3.46. The van der Waals surface area contributed by atoms with E-state index in [1.807, 2.05) is 44.2 Å². The van der Waals surface area contributed by atoms with Crippen LogP contribution in [0.4, 0.5) is 5.69 Å². The quantitative estimate of drug-likeness (QED) is 0.233. The van der Waals surface area contributed by atoms with Gasteiger partial charge in [0.25, 0.3) is 0 Å². The highest BCUT2D eigenvalue weighted by molar-refractivity contribution is 7.92. The van der Waals surface area contributed by atoms with Gasteiger partial charge in [0.05, 0.1) is 11.9 Å². The van der Waals surface area contributed by atoms with Gasteiger partial charge in [0.1, 0.15) is 6.04 Å². The number of sulfonamides is 1. The molecule has 0 unspecified atom stereocenters. The molecular formula is C32H37Cl2N3O6S. The zero-order valence-electron chi connectivity index (χ0n) is 25.0. The van der Waals surface area contributed by atoms with Crippen LogP contribution in [0, 0.1) is 0 Å². The van der Waals surface area contributed by atoms with Crippen LogP contribution < -0.4 is 19.1 Å². The molecule has 44 heavy (non-hydrogen) atoms. The largest absolute Gasteiger partial charge is 0.454 e. The van der Waals surface area contributed by atoms with E-state index < -0.39 is 16.1 Å². The minimum absolute atomic E-state index is 0.0102. The Morgan fingerprint density at radius 2 is 1.73 bits per heavy atom. The molecule has 3 aromatic rings. The number of anilines is 1. The maximum absolute atomic E-state index is 14.0. The van der Waals surface area contributed by atoms with Crippen LogP contribution in [0.15, 0.2) is 66.7 Å². The van der Waals surface area contributed by atoms with E-state index in [1.54, 1.807) is 36.4 Å². The van der Waals surface area contributed by atoms with Gasteiger partial charge in [-0.1, -0.05) is 66.5 Å². The molecule has 0 fully saturated rings. The predicted octanol–water partition coefficient (Wildman–Crippen LogP) is 5.82. The number of fused-ring (bicyclic) bond motifs is 1. The van der Waals surface area contributed by atoms with Crippen molar-refractivity contribution in [3.8, 4) is 11.5 Å². The van der Waals surface area contributed by atoms with Crippen molar-refractivity contribution in [2.75, 3.05) is 23.9 Å². The van der Waals surface area contributed by atoms with Crippen molar-refractivity contribution in [3.05, 3.63) is 87.9 Å². The molecule has 3 aromatic carbocycles. The third-order valence-corrected chi connectivity index (χ3v) is 9.21. The molecule has 0 bridgehead atoms. The first kappa shape index (κ1) is 33.4. The van der Waals surface area contributed by atoms with Crippen LogP contribution in [0.3, 0.4) is 0 Å². The first-order valence-electron chi connectivity index (χ1n) is 14.4. The van der Waals surface area contributed by atoms with Crippen molar-refractivity contribution in [2.45, 2.75) is 58.2 Å². The summed E-state index contributed by atoms with van der Waals surface area (Å²) in [6.45, 7) is 4.06. The minimum Gasteiger partial charge on any atom is -0.454 e. The fourth-order valence-corrected chi connectivity index (χ4v) is 6.30. The Bertz CT molecular complexity index is 1570. The molecule has 12 heteroatoms. The number of halogens is 2. The highest BCUT2D eigenvalue weighted by Gasteiger charge is 2.31. The standard InChI is InChI=1S/C32H37Cl2N3O6S/c1-4-22(2)35-32(39)28(17-23-9-6-5-7-10-23)36(20-24-12-13-25(33)18-27(24)34)31(38)11-8-16-37(44(3,40)41)26-14-15-29-30(19-26)43-21-42-29/h5-7,9-10,12-15,18-19,22,28H,4,8,11,16-17,20-21H2,1-3H3,(H,35,39)/t22-,28+/m0/s1. The molecule has 0 spiro atoms. The molecule has 4 rings (SSSR count). The van der Waals surface area contributed by atoms with E-state index in [0.717, 1.165) is 18.2 Å². The van der Waals surface area contributed by atoms with Crippen molar-refractivity contribution < 1.29 is 27.5 Å². The number of nitrogens with one attached hydrogen (secondary N) is 1. The summed E-state index contributed by atoms with van der Waals surface area (Å²) >= 11 is 12.6. The molecule has 0 aromatic heterocycles. The fraction of sp³-hybridized carbons (Fsp3) is 0.375. The van der Waals surface area contributed by atoms with E-state index in [0.29, 0.717) is 32.8 Å². The number of nitrogens with zero attached hydrogens (tertiary/aromatic N) is 2. The average molecular weight is 663 g/mol. The monoisotopic (exact) mass is 661 g/mol. The van der Waals surface area contributed by atoms with Crippen LogP contribution in [-0.2, 0) is 32.6 Å². The molecule has 0 aliphatic carbocycles. The molecule has 1 heterocycles. The molecule has 0 saturated heterocycles. The lowest BCUT2D eigenvalue weighted by molar-refractivity contribution is -0.141. The Morgan fingerprint density at radius 1 is 1.00 bits per heavy atom. The lowest BCUT2D eigenvalue weighted by Gasteiger charge is -2.33. The molecule has 2 amide bonds. The topological polar surface area (TPSA) is 105 Å². The van der Waals surface area contributed by atoms with Crippen LogP contribution in [0.1, 0.15) is 44.2 Å². The lowest BCUT2D eigenvalue weighted by Crippen LogP contribution is -2.52. The number of carbonyl (C=O) groups is 2. The fourth-order valence-electron chi connectivity index (χ4n) is 4.87. The second-order valence-electron chi connectivity index (χ2n) is 10.8. The van der Waals surface area contributed by atoms with Crippen LogP contribution in [0.5, 0.6) is 11.5 Å². The third-order valence-electron chi connectivity index (χ3n) is 7.42. The van der Waals surface area contributed by atoms with E-state index in [9.17, 15) is 18.0 Å². The molecular weight excluding hydrogens is 625 g/mol. The highest BCUT2D eigenvalue weighted by atomic mass is 35.5. The number of benzene rings is 3. The molecule has 1 aliphatic heterocycles. The summed E-state index contributed by atoms with van der Waals surface area (Å²) < 4.78 is 37.5. The summed E-state index contributed by atoms with van der Waals surface area (Å²) in [4.78, 5) is 29.3. The second-order valence-corrected chi connectivity index (χ2v) is 13.5. The summed E-state index contributed by atoms with van der Waals surface area (Å²) in [6, 6.07) is 18.5. The highest BCUT2D eigenvalue weighted by Crippen LogP contribution is 2.36. The number of rotatable bonds is 14. The first-order valence-corrected chi connectivity index (χ1v) is 17.0. The maximum Gasteiger partial charge on any atom is 0.243 e. The van der Waals surface area contributed by atoms with Gasteiger partial charge in [0.15, 0.2) is 11.5 Å². The smallest absolute Gasteiger partial charge is 0.243 e. The number of hydrogen-bond donors (Lipinski definition) is 1. The van der Waals surface area contributed by atoms with Crippen molar-refractivity contribution in [3.63, 3.8) is 0 Å². The van der Waals surface area contributed by atoms with E-state index in [-0.39, 0.29) is 57.0 Å². The number of ether oxygens (including phenoxy) is 2. The first-order chi connectivity index (χ1) is 21.0. The molecule has 1 N–H and O–H groups in total. The van der Waals surface area contributed by atoms with Crippen molar-refractivity contribution in [1.82, 2.24) is 10.2 Å². The third kappa shape index (κ3) is 8.80. The van der Waals surface area contributed by atoms with Gasteiger partial charge >= 0.3 is 0 Å². The summed E-state index contributed by atoms with van der Waals surface area (Å²) in [6.07, 6.45) is 2.32. The summed E-state index contributed by atoms with van der Waals surface area (Å²) in [5.74, 6) is 0.401. The number of carbonyl (C=O) groups excluding carboxylic acids is 2. The van der Waals surface area contributed by atoms with Gasteiger partial charge in [-0.2, -0.15) is 0 Å². The Labute approximate surface area is 269 Å². The summed E-state index contributed by atoms with van der Waals surface area (Å²) in [5.41, 5.74) is 1.93. The molecule has 2 atom stereocenters. The van der Waals surface area contributed by atoms with E-state index in [1.165, 1.54) is 9.21 Å². The lowest BCUT2D eigenvalue weighted by atomic mass is 10.0. The summed E-state index contributed by atoms with van der Waals surface area (Å²) in [7, 11) is -3.68. The predicted molar refractivity (Wildman–Crippen MR) is 173 cm³/mol. The molecule has 236 valence electrons. The van der Waals surface area contributed by atoms with Crippen LogP contribution in [0.25, 0.3) is 0 Å². The summed E-state index contributed by atoms with van der Waals surface area (Å²) in [5, 5.41) is 3.87. The van der Waals surface area contributed by atoms with Gasteiger partial charge < -0.3 is 19.7 Å². The molecule has 1 aliphatic rings. The van der Waals surface area contributed by atoms with Crippen molar-refractivity contribution >= 4 is 50.7 Å². The van der Waals surface area contributed by atoms with Gasteiger partial charge in [-0.3, -0.25) is 13.9 Å². The van der Waals surface area contributed by atoms with Gasteiger partial charge in [0.2, 0.25) is 28.6 Å².